The van der Waals surface area contributed by atoms with Gasteiger partial charge in [0.15, 0.2) is 5.12 Å². The highest BCUT2D eigenvalue weighted by Crippen LogP contribution is 2.22. The molecule has 0 aliphatic carbocycles. The first kappa shape index (κ1) is 21.9. The molecule has 8 heteroatoms. The second-order valence-electron chi connectivity index (χ2n) is 6.98. The van der Waals surface area contributed by atoms with Crippen molar-refractivity contribution < 1.29 is 24.3 Å². The monoisotopic (exact) mass is 406 g/mol. The zero-order chi connectivity index (χ0) is 20.7. The number of benzene rings is 1. The van der Waals surface area contributed by atoms with E-state index in [-0.39, 0.29) is 23.4 Å². The van der Waals surface area contributed by atoms with Gasteiger partial charge in [0.1, 0.15) is 12.1 Å². The molecule has 1 fully saturated rings. The molecule has 3 atom stereocenters. The molecule has 1 aliphatic rings. The maximum Gasteiger partial charge on any atom is 0.326 e. The third-order valence-electron chi connectivity index (χ3n) is 4.69. The van der Waals surface area contributed by atoms with Gasteiger partial charge in [-0.3, -0.25) is 14.4 Å². The predicted octanol–water partition coefficient (Wildman–Crippen LogP) is 1.71. The minimum absolute atomic E-state index is 0.0550. The molecule has 2 amide bonds. The Labute approximate surface area is 168 Å². The molecule has 28 heavy (non-hydrogen) atoms. The SMILES string of the molecule is CC(=O)SCC(C)C(=O)N1CCC[C@@H]1C(=O)N[C@@H](Cc1ccccc1)C(=O)O. The first-order valence-electron chi connectivity index (χ1n) is 9.30. The lowest BCUT2D eigenvalue weighted by atomic mass is 10.1. The van der Waals surface area contributed by atoms with E-state index in [0.717, 1.165) is 17.3 Å². The van der Waals surface area contributed by atoms with E-state index in [1.165, 1.54) is 11.8 Å². The fraction of sp³-hybridized carbons (Fsp3) is 0.500. The van der Waals surface area contributed by atoms with Gasteiger partial charge in [-0.25, -0.2) is 4.79 Å². The predicted molar refractivity (Wildman–Crippen MR) is 107 cm³/mol. The molecule has 2 rings (SSSR count). The van der Waals surface area contributed by atoms with Crippen LogP contribution < -0.4 is 5.32 Å². The lowest BCUT2D eigenvalue weighted by molar-refractivity contribution is -0.144. The molecule has 1 aliphatic heterocycles. The number of carbonyl (C=O) groups excluding carboxylic acids is 3. The van der Waals surface area contributed by atoms with Crippen molar-refractivity contribution in [1.29, 1.82) is 0 Å². The van der Waals surface area contributed by atoms with Crippen molar-refractivity contribution in [2.45, 2.75) is 45.2 Å². The van der Waals surface area contributed by atoms with Gasteiger partial charge in [0.2, 0.25) is 11.8 Å². The third kappa shape index (κ3) is 6.09. The van der Waals surface area contributed by atoms with Gasteiger partial charge in [0, 0.05) is 31.6 Å². The Morgan fingerprint density at radius 2 is 1.93 bits per heavy atom. The number of nitrogens with zero attached hydrogens (tertiary/aromatic N) is 1. The largest absolute Gasteiger partial charge is 0.480 e. The van der Waals surface area contributed by atoms with Crippen molar-refractivity contribution in [3.63, 3.8) is 0 Å². The second-order valence-corrected chi connectivity index (χ2v) is 8.18. The molecule has 1 unspecified atom stereocenters. The van der Waals surface area contributed by atoms with Crippen molar-refractivity contribution in [2.75, 3.05) is 12.3 Å². The molecule has 0 radical (unpaired) electrons. The second kappa shape index (κ2) is 10.3. The number of carboxylic acid groups (broad SMARTS) is 1. The van der Waals surface area contributed by atoms with Crippen molar-refractivity contribution in [3.8, 4) is 0 Å². The van der Waals surface area contributed by atoms with E-state index in [2.05, 4.69) is 5.32 Å². The summed E-state index contributed by atoms with van der Waals surface area (Å²) in [6, 6.07) is 7.35. The van der Waals surface area contributed by atoms with Crippen LogP contribution >= 0.6 is 11.8 Å². The number of nitrogens with one attached hydrogen (secondary N) is 1. The molecule has 1 aromatic rings. The van der Waals surface area contributed by atoms with Crippen LogP contribution in [0.1, 0.15) is 32.3 Å². The highest BCUT2D eigenvalue weighted by molar-refractivity contribution is 8.13. The number of carboxylic acids is 1. The third-order valence-corrected chi connectivity index (χ3v) is 5.77. The average molecular weight is 407 g/mol. The number of hydrogen-bond donors (Lipinski definition) is 2. The molecule has 2 N–H and O–H groups in total. The summed E-state index contributed by atoms with van der Waals surface area (Å²) in [5.74, 6) is -1.76. The molecule has 0 spiro atoms. The summed E-state index contributed by atoms with van der Waals surface area (Å²) in [5.41, 5.74) is 0.810. The van der Waals surface area contributed by atoms with Gasteiger partial charge in [-0.1, -0.05) is 49.0 Å². The van der Waals surface area contributed by atoms with Crippen LogP contribution in [0.4, 0.5) is 0 Å². The smallest absolute Gasteiger partial charge is 0.326 e. The van der Waals surface area contributed by atoms with E-state index in [9.17, 15) is 24.3 Å². The number of amides is 2. The molecule has 0 bridgehead atoms. The lowest BCUT2D eigenvalue weighted by Crippen LogP contribution is -2.52. The molecule has 1 aromatic carbocycles. The van der Waals surface area contributed by atoms with Crippen LogP contribution in [0.2, 0.25) is 0 Å². The van der Waals surface area contributed by atoms with Crippen molar-refractivity contribution >= 4 is 34.7 Å². The van der Waals surface area contributed by atoms with Gasteiger partial charge < -0.3 is 15.3 Å². The first-order valence-corrected chi connectivity index (χ1v) is 10.3. The maximum absolute atomic E-state index is 12.7. The van der Waals surface area contributed by atoms with Gasteiger partial charge in [0.05, 0.1) is 0 Å². The Kier molecular flexibility index (Phi) is 8.04. The Balaban J connectivity index is 2.01. The summed E-state index contributed by atoms with van der Waals surface area (Å²) in [4.78, 5) is 49.6. The standard InChI is InChI=1S/C20H26N2O5S/c1-13(12-28-14(2)23)19(25)22-10-6-9-17(22)18(24)21-16(20(26)27)11-15-7-4-3-5-8-15/h3-5,7-8,13,16-17H,6,9-12H2,1-2H3,(H,21,24)(H,26,27)/t13?,16-,17+/m0/s1. The van der Waals surface area contributed by atoms with Crippen molar-refractivity contribution in [2.24, 2.45) is 5.92 Å². The number of rotatable bonds is 8. The summed E-state index contributed by atoms with van der Waals surface area (Å²) in [6.07, 6.45) is 1.36. The van der Waals surface area contributed by atoms with Crippen LogP contribution in [0.3, 0.4) is 0 Å². The number of carbonyl (C=O) groups is 4. The molecular formula is C20H26N2O5S. The molecule has 7 nitrogen and oxygen atoms in total. The van der Waals surface area contributed by atoms with E-state index < -0.39 is 24.0 Å². The normalized spacial score (nSPS) is 18.4. The van der Waals surface area contributed by atoms with Crippen LogP contribution in [0, 0.1) is 5.92 Å². The summed E-state index contributed by atoms with van der Waals surface area (Å²) >= 11 is 1.09. The van der Waals surface area contributed by atoms with Crippen LogP contribution in [-0.2, 0) is 25.6 Å². The molecule has 0 aromatic heterocycles. The molecule has 1 saturated heterocycles. The Morgan fingerprint density at radius 3 is 2.54 bits per heavy atom. The highest BCUT2D eigenvalue weighted by Gasteiger charge is 2.37. The minimum atomic E-state index is -1.11. The fourth-order valence-electron chi connectivity index (χ4n) is 3.22. The van der Waals surface area contributed by atoms with Crippen molar-refractivity contribution in [3.05, 3.63) is 35.9 Å². The summed E-state index contributed by atoms with van der Waals surface area (Å²) < 4.78 is 0. The number of likely N-dealkylation sites (tertiary alicyclic amines) is 1. The van der Waals surface area contributed by atoms with Gasteiger partial charge in [0.25, 0.3) is 0 Å². The van der Waals surface area contributed by atoms with Crippen LogP contribution in [0.5, 0.6) is 0 Å². The van der Waals surface area contributed by atoms with Gasteiger partial charge in [-0.15, -0.1) is 0 Å². The van der Waals surface area contributed by atoms with E-state index in [1.807, 2.05) is 30.3 Å². The van der Waals surface area contributed by atoms with Gasteiger partial charge in [-0.2, -0.15) is 0 Å². The zero-order valence-electron chi connectivity index (χ0n) is 16.1. The average Bonchev–Trinajstić information content (AvgIpc) is 3.15. The van der Waals surface area contributed by atoms with Crippen LogP contribution in [0.25, 0.3) is 0 Å². The first-order chi connectivity index (χ1) is 13.3. The van der Waals surface area contributed by atoms with E-state index in [0.29, 0.717) is 25.1 Å². The molecule has 152 valence electrons. The molecule has 0 saturated carbocycles. The van der Waals surface area contributed by atoms with Crippen molar-refractivity contribution in [1.82, 2.24) is 10.2 Å². The lowest BCUT2D eigenvalue weighted by Gasteiger charge is -2.27. The van der Waals surface area contributed by atoms with Crippen LogP contribution in [0.15, 0.2) is 30.3 Å². The number of hydrogen-bond acceptors (Lipinski definition) is 5. The Bertz CT molecular complexity index is 725. The summed E-state index contributed by atoms with van der Waals surface area (Å²) in [6.45, 7) is 3.65. The topological polar surface area (TPSA) is 104 Å². The maximum atomic E-state index is 12.7. The quantitative estimate of drug-likeness (QED) is 0.681. The number of thioether (sulfide) groups is 1. The Morgan fingerprint density at radius 1 is 1.25 bits per heavy atom. The van der Waals surface area contributed by atoms with E-state index in [1.54, 1.807) is 6.92 Å². The van der Waals surface area contributed by atoms with Gasteiger partial charge >= 0.3 is 5.97 Å². The number of aliphatic carboxylic acids is 1. The molecule has 1 heterocycles. The fourth-order valence-corrected chi connectivity index (χ4v) is 3.84. The highest BCUT2D eigenvalue weighted by atomic mass is 32.2. The minimum Gasteiger partial charge on any atom is -0.480 e. The molecular weight excluding hydrogens is 380 g/mol. The summed E-state index contributed by atoms with van der Waals surface area (Å²) in [5, 5.41) is 12.0. The van der Waals surface area contributed by atoms with E-state index >= 15 is 0 Å². The zero-order valence-corrected chi connectivity index (χ0v) is 16.9. The Hall–Kier alpha value is -2.35. The van der Waals surface area contributed by atoms with Crippen LogP contribution in [-0.4, -0.2) is 57.3 Å². The van der Waals surface area contributed by atoms with E-state index in [4.69, 9.17) is 0 Å². The summed E-state index contributed by atoms with van der Waals surface area (Å²) in [7, 11) is 0. The van der Waals surface area contributed by atoms with Gasteiger partial charge in [-0.05, 0) is 18.4 Å².